The number of aliphatic hydroxyl groups excluding tert-OH is 1. The minimum atomic E-state index is -0.565. The zero-order valence-electron chi connectivity index (χ0n) is 8.48. The third-order valence-electron chi connectivity index (χ3n) is 3.30. The summed E-state index contributed by atoms with van der Waals surface area (Å²) in [7, 11) is 0. The van der Waals surface area contributed by atoms with Crippen LogP contribution in [-0.4, -0.2) is 24.9 Å². The summed E-state index contributed by atoms with van der Waals surface area (Å²) < 4.78 is 11.5. The molecule has 1 aliphatic carbocycles. The van der Waals surface area contributed by atoms with Crippen LogP contribution in [0.1, 0.15) is 23.5 Å². The van der Waals surface area contributed by atoms with Crippen molar-refractivity contribution in [3.8, 4) is 0 Å². The van der Waals surface area contributed by atoms with Crippen molar-refractivity contribution >= 4 is 0 Å². The predicted octanol–water partition coefficient (Wildman–Crippen LogP) is 1.37. The van der Waals surface area contributed by atoms with Crippen molar-refractivity contribution in [2.75, 3.05) is 19.8 Å². The van der Waals surface area contributed by atoms with Gasteiger partial charge in [0.1, 0.15) is 0 Å². The van der Waals surface area contributed by atoms with E-state index in [0.717, 1.165) is 12.0 Å². The fourth-order valence-electron chi connectivity index (χ4n) is 2.64. The summed E-state index contributed by atoms with van der Waals surface area (Å²) in [6.07, 6.45) is 0.739. The van der Waals surface area contributed by atoms with E-state index in [4.69, 9.17) is 9.47 Å². The van der Waals surface area contributed by atoms with Gasteiger partial charge >= 0.3 is 0 Å². The lowest BCUT2D eigenvalue weighted by atomic mass is 10.0. The third-order valence-corrected chi connectivity index (χ3v) is 3.30. The van der Waals surface area contributed by atoms with Crippen LogP contribution in [-0.2, 0) is 15.3 Å². The van der Waals surface area contributed by atoms with Gasteiger partial charge in [0.25, 0.3) is 0 Å². The Bertz CT molecular complexity index is 369. The SMILES string of the molecule is OCC1CC2(OCCO2)c2ccccc21. The molecule has 0 aromatic heterocycles. The van der Waals surface area contributed by atoms with Crippen molar-refractivity contribution in [1.82, 2.24) is 0 Å². The largest absolute Gasteiger partial charge is 0.396 e. The zero-order chi connectivity index (χ0) is 10.3. The summed E-state index contributed by atoms with van der Waals surface area (Å²) >= 11 is 0. The van der Waals surface area contributed by atoms with Gasteiger partial charge in [0, 0.05) is 17.9 Å². The first-order chi connectivity index (χ1) is 7.36. The monoisotopic (exact) mass is 206 g/mol. The van der Waals surface area contributed by atoms with Gasteiger partial charge < -0.3 is 14.6 Å². The number of fused-ring (bicyclic) bond motifs is 2. The van der Waals surface area contributed by atoms with Crippen LogP contribution in [0.3, 0.4) is 0 Å². The zero-order valence-corrected chi connectivity index (χ0v) is 8.48. The highest BCUT2D eigenvalue weighted by Crippen LogP contribution is 2.49. The van der Waals surface area contributed by atoms with Gasteiger partial charge in [-0.3, -0.25) is 0 Å². The van der Waals surface area contributed by atoms with Gasteiger partial charge in [-0.15, -0.1) is 0 Å². The van der Waals surface area contributed by atoms with E-state index in [9.17, 15) is 5.11 Å². The van der Waals surface area contributed by atoms with Gasteiger partial charge in [-0.05, 0) is 5.56 Å². The molecule has 1 spiro atoms. The molecule has 3 heteroatoms. The molecule has 1 heterocycles. The van der Waals surface area contributed by atoms with Crippen LogP contribution in [0.2, 0.25) is 0 Å². The summed E-state index contributed by atoms with van der Waals surface area (Å²) in [5, 5.41) is 9.35. The van der Waals surface area contributed by atoms with Crippen LogP contribution in [0.15, 0.2) is 24.3 Å². The molecule has 2 aliphatic rings. The van der Waals surface area contributed by atoms with Crippen molar-refractivity contribution in [2.45, 2.75) is 18.1 Å². The van der Waals surface area contributed by atoms with E-state index >= 15 is 0 Å². The number of benzene rings is 1. The first-order valence-corrected chi connectivity index (χ1v) is 5.34. The van der Waals surface area contributed by atoms with E-state index in [2.05, 4.69) is 6.07 Å². The van der Waals surface area contributed by atoms with Gasteiger partial charge in [0.05, 0.1) is 19.8 Å². The molecule has 1 saturated heterocycles. The lowest BCUT2D eigenvalue weighted by Gasteiger charge is -2.22. The average molecular weight is 206 g/mol. The minimum absolute atomic E-state index is 0.152. The Morgan fingerprint density at radius 1 is 1.27 bits per heavy atom. The molecule has 0 bridgehead atoms. The molecular formula is C12H14O3. The van der Waals surface area contributed by atoms with Crippen LogP contribution in [0.25, 0.3) is 0 Å². The summed E-state index contributed by atoms with van der Waals surface area (Å²) in [4.78, 5) is 0. The van der Waals surface area contributed by atoms with E-state index in [1.165, 1.54) is 5.56 Å². The van der Waals surface area contributed by atoms with E-state index in [1.807, 2.05) is 18.2 Å². The molecule has 0 amide bonds. The fourth-order valence-corrected chi connectivity index (χ4v) is 2.64. The van der Waals surface area contributed by atoms with E-state index in [1.54, 1.807) is 0 Å². The fraction of sp³-hybridized carbons (Fsp3) is 0.500. The Hall–Kier alpha value is -0.900. The average Bonchev–Trinajstić information content (AvgIpc) is 2.87. The first kappa shape index (κ1) is 9.33. The normalized spacial score (nSPS) is 27.1. The van der Waals surface area contributed by atoms with Gasteiger partial charge in [-0.1, -0.05) is 24.3 Å². The Balaban J connectivity index is 2.09. The van der Waals surface area contributed by atoms with Crippen LogP contribution < -0.4 is 0 Å². The number of rotatable bonds is 1. The highest BCUT2D eigenvalue weighted by Gasteiger charge is 2.47. The molecule has 0 radical (unpaired) electrons. The van der Waals surface area contributed by atoms with E-state index in [-0.39, 0.29) is 12.5 Å². The summed E-state index contributed by atoms with van der Waals surface area (Å²) in [6.45, 7) is 1.45. The van der Waals surface area contributed by atoms with Gasteiger partial charge in [-0.2, -0.15) is 0 Å². The van der Waals surface area contributed by atoms with E-state index < -0.39 is 5.79 Å². The Morgan fingerprint density at radius 3 is 2.73 bits per heavy atom. The highest BCUT2D eigenvalue weighted by atomic mass is 16.7. The quantitative estimate of drug-likeness (QED) is 0.754. The molecular weight excluding hydrogens is 192 g/mol. The van der Waals surface area contributed by atoms with Crippen molar-refractivity contribution in [3.63, 3.8) is 0 Å². The predicted molar refractivity (Wildman–Crippen MR) is 54.5 cm³/mol. The number of aliphatic hydroxyl groups is 1. The lowest BCUT2D eigenvalue weighted by molar-refractivity contribution is -0.166. The Kier molecular flexibility index (Phi) is 2.06. The maximum Gasteiger partial charge on any atom is 0.195 e. The highest BCUT2D eigenvalue weighted by molar-refractivity contribution is 5.39. The van der Waals surface area contributed by atoms with Gasteiger partial charge in [0.2, 0.25) is 0 Å². The van der Waals surface area contributed by atoms with Gasteiger partial charge in [0.15, 0.2) is 5.79 Å². The van der Waals surface area contributed by atoms with Crippen LogP contribution in [0, 0.1) is 0 Å². The maximum atomic E-state index is 9.35. The molecule has 1 fully saturated rings. The van der Waals surface area contributed by atoms with Crippen molar-refractivity contribution in [2.24, 2.45) is 0 Å². The molecule has 15 heavy (non-hydrogen) atoms. The maximum absolute atomic E-state index is 9.35. The molecule has 1 aromatic rings. The lowest BCUT2D eigenvalue weighted by Crippen LogP contribution is -2.24. The molecule has 1 aromatic carbocycles. The molecule has 3 nitrogen and oxygen atoms in total. The van der Waals surface area contributed by atoms with Crippen LogP contribution >= 0.6 is 0 Å². The van der Waals surface area contributed by atoms with E-state index in [0.29, 0.717) is 13.2 Å². The first-order valence-electron chi connectivity index (χ1n) is 5.34. The van der Waals surface area contributed by atoms with Crippen molar-refractivity contribution in [1.29, 1.82) is 0 Å². The molecule has 3 rings (SSSR count). The standard InChI is InChI=1S/C12H14O3/c13-8-9-7-12(14-5-6-15-12)11-4-2-1-3-10(9)11/h1-4,9,13H,5-8H2. The molecule has 1 unspecified atom stereocenters. The minimum Gasteiger partial charge on any atom is -0.396 e. The second-order valence-electron chi connectivity index (χ2n) is 4.12. The number of hydrogen-bond acceptors (Lipinski definition) is 3. The smallest absolute Gasteiger partial charge is 0.195 e. The van der Waals surface area contributed by atoms with Crippen LogP contribution in [0.4, 0.5) is 0 Å². The third kappa shape index (κ3) is 1.24. The summed E-state index contributed by atoms with van der Waals surface area (Å²) in [5.41, 5.74) is 2.27. The molecule has 1 N–H and O–H groups in total. The molecule has 0 saturated carbocycles. The molecule has 1 aliphatic heterocycles. The summed E-state index contributed by atoms with van der Waals surface area (Å²) in [6, 6.07) is 8.08. The topological polar surface area (TPSA) is 38.7 Å². The van der Waals surface area contributed by atoms with Crippen LogP contribution in [0.5, 0.6) is 0 Å². The van der Waals surface area contributed by atoms with Crippen molar-refractivity contribution in [3.05, 3.63) is 35.4 Å². The molecule has 80 valence electrons. The molecule has 1 atom stereocenters. The number of ether oxygens (including phenoxy) is 2. The number of hydrogen-bond donors (Lipinski definition) is 1. The summed E-state index contributed by atoms with van der Waals surface area (Å²) in [5.74, 6) is -0.413. The Morgan fingerprint density at radius 2 is 2.00 bits per heavy atom. The second kappa shape index (κ2) is 3.30. The Labute approximate surface area is 88.6 Å². The second-order valence-corrected chi connectivity index (χ2v) is 4.12. The van der Waals surface area contributed by atoms with Gasteiger partial charge in [-0.25, -0.2) is 0 Å². The van der Waals surface area contributed by atoms with Crippen molar-refractivity contribution < 1.29 is 14.6 Å².